The summed E-state index contributed by atoms with van der Waals surface area (Å²) >= 11 is 0. The molecule has 1 saturated carbocycles. The minimum atomic E-state index is -1.48. The van der Waals surface area contributed by atoms with E-state index in [4.69, 9.17) is 23.7 Å². The van der Waals surface area contributed by atoms with Gasteiger partial charge in [0.15, 0.2) is 29.2 Å². The molecule has 6 aromatic rings. The second-order valence-corrected chi connectivity index (χ2v) is 29.5. The van der Waals surface area contributed by atoms with Crippen LogP contribution in [-0.4, -0.2) is 190 Å². The molecule has 6 aromatic carbocycles. The van der Waals surface area contributed by atoms with Gasteiger partial charge in [-0.25, -0.2) is 9.69 Å². The highest BCUT2D eigenvalue weighted by Crippen LogP contribution is 2.57. The number of carbonyl (C=O) groups is 9. The van der Waals surface area contributed by atoms with Gasteiger partial charge >= 0.3 is 6.09 Å². The number of aliphatic hydroxyl groups is 1. The van der Waals surface area contributed by atoms with Crippen LogP contribution in [0.4, 0.5) is 33.2 Å². The van der Waals surface area contributed by atoms with E-state index in [1.54, 1.807) is 67.2 Å². The van der Waals surface area contributed by atoms with Crippen molar-refractivity contribution >= 4 is 87.4 Å². The number of piperazine rings is 1. The number of para-hydroxylation sites is 1. The number of nitrogens with zero attached hydrogens (tertiary/aromatic N) is 6. The summed E-state index contributed by atoms with van der Waals surface area (Å²) < 4.78 is 30.1. The summed E-state index contributed by atoms with van der Waals surface area (Å²) in [6.07, 6.45) is 4.20. The molecule has 0 bridgehead atoms. The topological polar surface area (TPSA) is 312 Å². The minimum absolute atomic E-state index is 0.0620. The van der Waals surface area contributed by atoms with Gasteiger partial charge in [-0.1, -0.05) is 80.3 Å². The van der Waals surface area contributed by atoms with Crippen molar-refractivity contribution in [3.8, 4) is 34.8 Å². The number of likely N-dealkylation sites (N-methyl/N-ethyl adjacent to an activating group) is 1. The Morgan fingerprint density at radius 1 is 0.682 bits per heavy atom. The average molecular weight is 1500 g/mol. The van der Waals surface area contributed by atoms with Gasteiger partial charge in [-0.2, -0.15) is 0 Å². The number of anilines is 5. The molecule has 7 N–H and O–H groups in total. The van der Waals surface area contributed by atoms with Crippen molar-refractivity contribution in [3.05, 3.63) is 166 Å². The van der Waals surface area contributed by atoms with Gasteiger partial charge in [0.1, 0.15) is 18.7 Å². The molecule has 1 spiro atoms. The van der Waals surface area contributed by atoms with Gasteiger partial charge in [-0.3, -0.25) is 38.4 Å². The van der Waals surface area contributed by atoms with E-state index in [1.807, 2.05) is 59.6 Å². The molecular weight excluding hydrogens is 1400 g/mol. The van der Waals surface area contributed by atoms with E-state index in [2.05, 4.69) is 84.9 Å². The summed E-state index contributed by atoms with van der Waals surface area (Å²) in [6.45, 7) is 9.51. The maximum atomic E-state index is 14.5. The second kappa shape index (κ2) is 33.9. The zero-order valence-corrected chi connectivity index (χ0v) is 62.8. The fraction of sp³-hybridized carbons (Fsp3) is 0.410. The summed E-state index contributed by atoms with van der Waals surface area (Å²) in [5, 5.41) is 28.6. The van der Waals surface area contributed by atoms with Crippen molar-refractivity contribution < 1.29 is 71.9 Å². The zero-order chi connectivity index (χ0) is 77.3. The van der Waals surface area contributed by atoms with Gasteiger partial charge in [0.05, 0.1) is 87.3 Å². The van der Waals surface area contributed by atoms with E-state index in [0.717, 1.165) is 72.6 Å². The molecule has 1 unspecified atom stereocenters. The highest BCUT2D eigenvalue weighted by Gasteiger charge is 2.58. The minimum Gasteiger partial charge on any atom is -0.493 e. The van der Waals surface area contributed by atoms with Crippen LogP contribution >= 0.6 is 0 Å². The Bertz CT molecular complexity index is 4600. The van der Waals surface area contributed by atoms with Gasteiger partial charge in [-0.05, 0) is 147 Å². The van der Waals surface area contributed by atoms with Crippen LogP contribution < -0.4 is 65.5 Å². The Labute approximate surface area is 639 Å². The van der Waals surface area contributed by atoms with Crippen LogP contribution in [0.2, 0.25) is 0 Å². The summed E-state index contributed by atoms with van der Waals surface area (Å²) in [6, 6.07) is 33.6. The number of amides is 9. The standard InChI is InChI=1S/C83H94N12O15/c1-51(2)76(89-74(98)46-86-73(97)45-85-72(96)28-29-75(99)93-47-57-16-9-8-14-54(57)20-21-56-15-10-11-17-65(56)93)78(101)87-52(3)77(100)88-59-24-18-53(19-25-59)49-110-82(105)95-66-42-71(69(107-6)40-63(66)80(103)94-50-83(30-31-83)43-67(94)81(95)104)109-37-13-7-12-36-108-70-41-64-62(39-68(70)106-5)79(102)92-48-58(38-61(92)44-84-64)55-22-26-60(27-23-55)91-34-32-90(4)33-35-91/h8-11,14-19,22-27,39-42,48,51-52,61,67,76,81,84,104H,7,12-13,28-38,43-47,49-50H2,1-6H3,(H,85,96)(H,86,97)(H,87,101)(H,88,100)(H,89,98)/t52-,61-,67-,76-,81?/m0/s1. The number of aliphatic hydroxyl groups excluding tert-OH is 1. The number of benzene rings is 6. The molecule has 1 aliphatic carbocycles. The molecule has 3 fully saturated rings. The van der Waals surface area contributed by atoms with E-state index < -0.39 is 79.0 Å². The third kappa shape index (κ3) is 17.6. The number of nitrogens with one attached hydrogen (secondary N) is 6. The lowest BCUT2D eigenvalue weighted by Gasteiger charge is -2.34. The Morgan fingerprint density at radius 2 is 1.35 bits per heavy atom. The number of fused-ring (bicyclic) bond motifs is 6. The molecule has 5 atom stereocenters. The average Bonchev–Trinajstić information content (AvgIpc) is 1.56. The number of hydrogen-bond acceptors (Lipinski definition) is 18. The van der Waals surface area contributed by atoms with Crippen molar-refractivity contribution in [3.63, 3.8) is 0 Å². The number of ether oxygens (including phenoxy) is 5. The summed E-state index contributed by atoms with van der Waals surface area (Å²) in [5.74, 6) is 3.40. The van der Waals surface area contributed by atoms with Crippen LogP contribution in [0.3, 0.4) is 0 Å². The molecule has 27 nitrogen and oxygen atoms in total. The fourth-order valence-corrected chi connectivity index (χ4v) is 14.8. The highest BCUT2D eigenvalue weighted by molar-refractivity contribution is 6.07. The molecular formula is C83H94N12O15. The van der Waals surface area contributed by atoms with E-state index >= 15 is 0 Å². The lowest BCUT2D eigenvalue weighted by Crippen LogP contribution is -2.55. The molecule has 7 aliphatic rings. The Kier molecular flexibility index (Phi) is 23.6. The maximum absolute atomic E-state index is 14.5. The number of methoxy groups -OCH3 is 2. The van der Waals surface area contributed by atoms with E-state index in [9.17, 15) is 48.3 Å². The smallest absolute Gasteiger partial charge is 0.416 e. The molecule has 9 amide bonds. The second-order valence-electron chi connectivity index (χ2n) is 29.5. The van der Waals surface area contributed by atoms with Crippen LogP contribution in [-0.2, 0) is 46.7 Å². The molecule has 6 aliphatic heterocycles. The largest absolute Gasteiger partial charge is 0.493 e. The van der Waals surface area contributed by atoms with Crippen molar-refractivity contribution in [2.24, 2.45) is 11.3 Å². The van der Waals surface area contributed by atoms with Crippen LogP contribution in [0.1, 0.15) is 127 Å². The normalized spacial score (nSPS) is 18.4. The number of carbonyl (C=O) groups excluding carboxylic acids is 9. The zero-order valence-electron chi connectivity index (χ0n) is 62.8. The van der Waals surface area contributed by atoms with Crippen molar-refractivity contribution in [2.75, 3.05) is 112 Å². The quantitative estimate of drug-likeness (QED) is 0.0191. The number of rotatable bonds is 27. The molecule has 2 saturated heterocycles. The monoisotopic (exact) mass is 1500 g/mol. The molecule has 110 heavy (non-hydrogen) atoms. The van der Waals surface area contributed by atoms with Crippen LogP contribution in [0.15, 0.2) is 128 Å². The fourth-order valence-electron chi connectivity index (χ4n) is 14.8. The SMILES string of the molecule is COc1cc2c(cc1OCCCCCOc1cc3c(cc1OC)C(=O)N1CC4(CC4)C[C@H]1C(O)N3C(=O)OCc1ccc(NC(=O)[C@H](C)NC(=O)[C@@H](NC(=O)CNC(=O)CNC(=O)CCC(=O)N3Cc4ccccc4C#Cc4ccccc43)C(C)C)cc1)NC[C@@H]1CC(c3ccc(N4CCN(C)CC4)cc3)=CN1C2=O. The predicted octanol–water partition coefficient (Wildman–Crippen LogP) is 7.78. The van der Waals surface area contributed by atoms with Gasteiger partial charge < -0.3 is 85.2 Å². The van der Waals surface area contributed by atoms with E-state index in [1.165, 1.54) is 31.9 Å². The predicted molar refractivity (Wildman–Crippen MR) is 413 cm³/mol. The van der Waals surface area contributed by atoms with E-state index in [-0.39, 0.29) is 84.5 Å². The number of unbranched alkanes of at least 4 members (excludes halogenated alkanes) is 2. The van der Waals surface area contributed by atoms with Gasteiger partial charge in [0.25, 0.3) is 11.8 Å². The van der Waals surface area contributed by atoms with Gasteiger partial charge in [0, 0.05) is 92.9 Å². The molecule has 6 heterocycles. The van der Waals surface area contributed by atoms with Crippen molar-refractivity contribution in [1.82, 2.24) is 36.0 Å². The lowest BCUT2D eigenvalue weighted by atomic mass is 10.0. The molecule has 13 rings (SSSR count). The Morgan fingerprint density at radius 3 is 2.05 bits per heavy atom. The van der Waals surface area contributed by atoms with Gasteiger partial charge in [-0.15, -0.1) is 0 Å². The summed E-state index contributed by atoms with van der Waals surface area (Å²) in [4.78, 5) is 133. The molecule has 576 valence electrons. The van der Waals surface area contributed by atoms with Crippen LogP contribution in [0.5, 0.6) is 23.0 Å². The summed E-state index contributed by atoms with van der Waals surface area (Å²) in [7, 11) is 5.17. The van der Waals surface area contributed by atoms with E-state index in [0.29, 0.717) is 90.6 Å². The van der Waals surface area contributed by atoms with Crippen LogP contribution in [0, 0.1) is 23.2 Å². The first-order chi connectivity index (χ1) is 53.1. The van der Waals surface area contributed by atoms with Crippen molar-refractivity contribution in [2.45, 2.75) is 122 Å². The Hall–Kier alpha value is -11.6. The molecule has 0 aromatic heterocycles. The first-order valence-corrected chi connectivity index (χ1v) is 37.6. The maximum Gasteiger partial charge on any atom is 0.416 e. The number of hydrogen-bond donors (Lipinski definition) is 7. The van der Waals surface area contributed by atoms with Crippen molar-refractivity contribution in [1.29, 1.82) is 0 Å². The first kappa shape index (κ1) is 76.6. The van der Waals surface area contributed by atoms with Crippen LogP contribution in [0.25, 0.3) is 5.57 Å². The third-order valence-electron chi connectivity index (χ3n) is 21.4. The molecule has 0 radical (unpaired) electrons. The molecule has 27 heteroatoms. The highest BCUT2D eigenvalue weighted by atomic mass is 16.6. The summed E-state index contributed by atoms with van der Waals surface area (Å²) in [5.41, 5.74) is 8.54. The first-order valence-electron chi connectivity index (χ1n) is 37.6. The Balaban J connectivity index is 0.556. The lowest BCUT2D eigenvalue weighted by molar-refractivity contribution is -0.132. The van der Waals surface area contributed by atoms with Gasteiger partial charge in [0.2, 0.25) is 35.4 Å². The third-order valence-corrected chi connectivity index (χ3v) is 21.4.